The quantitative estimate of drug-likeness (QED) is 0.363. The molecule has 4 heteroatoms. The molecule has 0 spiro atoms. The Morgan fingerprint density at radius 1 is 1.42 bits per heavy atom. The van der Waals surface area contributed by atoms with Crippen molar-refractivity contribution in [3.63, 3.8) is 0 Å². The lowest BCUT2D eigenvalue weighted by molar-refractivity contribution is -0.170. The fraction of sp³-hybridized carbons (Fsp3) is 0.333. The second-order valence-electron chi connectivity index (χ2n) is 5.11. The zero-order valence-corrected chi connectivity index (χ0v) is 10.5. The second kappa shape index (κ2) is 3.95. The summed E-state index contributed by atoms with van der Waals surface area (Å²) in [4.78, 5) is 24.1. The zero-order valence-electron chi connectivity index (χ0n) is 10.5. The topological polar surface area (TPSA) is 63.6 Å². The van der Waals surface area contributed by atoms with Crippen molar-refractivity contribution in [3.05, 3.63) is 42.0 Å². The molecule has 19 heavy (non-hydrogen) atoms. The lowest BCUT2D eigenvalue weighted by atomic mass is 9.60. The molecular formula is C15H14O4. The molecule has 0 aromatic heterocycles. The number of benzene rings is 1. The number of hydrogen-bond donors (Lipinski definition) is 1. The van der Waals surface area contributed by atoms with Gasteiger partial charge >= 0.3 is 11.9 Å². The van der Waals surface area contributed by atoms with E-state index in [0.717, 1.165) is 5.56 Å². The van der Waals surface area contributed by atoms with E-state index in [1.54, 1.807) is 25.1 Å². The van der Waals surface area contributed by atoms with E-state index >= 15 is 0 Å². The fourth-order valence-corrected chi connectivity index (χ4v) is 3.25. The number of carboxylic acids is 1. The number of ether oxygens (including phenoxy) is 1. The zero-order chi connectivity index (χ0) is 13.6. The maximum absolute atomic E-state index is 12.3. The monoisotopic (exact) mass is 258 g/mol. The number of hydrogen-bond acceptors (Lipinski definition) is 3. The summed E-state index contributed by atoms with van der Waals surface area (Å²) in [6.45, 7) is 1.76. The minimum atomic E-state index is -1.50. The molecule has 0 radical (unpaired) electrons. The van der Waals surface area contributed by atoms with Crippen molar-refractivity contribution in [1.29, 1.82) is 0 Å². The van der Waals surface area contributed by atoms with Crippen LogP contribution < -0.4 is 4.74 Å². The average Bonchev–Trinajstić information content (AvgIpc) is 2.38. The highest BCUT2D eigenvalue weighted by atomic mass is 16.5. The van der Waals surface area contributed by atoms with Gasteiger partial charge in [-0.25, -0.2) is 0 Å². The van der Waals surface area contributed by atoms with Crippen molar-refractivity contribution >= 4 is 11.9 Å². The normalized spacial score (nSPS) is 32.2. The largest absolute Gasteiger partial charge is 0.480 e. The third-order valence-corrected chi connectivity index (χ3v) is 4.25. The molecule has 1 heterocycles. The van der Waals surface area contributed by atoms with Crippen LogP contribution >= 0.6 is 0 Å². The number of esters is 1. The summed E-state index contributed by atoms with van der Waals surface area (Å²) < 4.78 is 5.28. The van der Waals surface area contributed by atoms with Gasteiger partial charge in [0.1, 0.15) is 5.75 Å². The number of carbonyl (C=O) groups is 2. The maximum atomic E-state index is 12.3. The summed E-state index contributed by atoms with van der Waals surface area (Å²) in [5.41, 5.74) is -0.691. The van der Waals surface area contributed by atoms with Crippen LogP contribution in [0.2, 0.25) is 0 Å². The molecule has 1 aliphatic heterocycles. The van der Waals surface area contributed by atoms with Crippen LogP contribution in [-0.2, 0) is 9.59 Å². The predicted molar refractivity (Wildman–Crippen MR) is 67.8 cm³/mol. The standard InChI is InChI=1S/C15H14O4/c1-9-5-4-7-11-10-6-2-3-8-12(10)19-14(18)15(9,11)13(16)17/h2-6,8-9,11H,7H2,1H3,(H,16,17)/t9-,11+,15+/m1/s1. The Balaban J connectivity index is 2.26. The molecule has 0 bridgehead atoms. The lowest BCUT2D eigenvalue weighted by Crippen LogP contribution is -2.54. The number of carbonyl (C=O) groups excluding carboxylic acids is 1. The molecule has 3 rings (SSSR count). The molecule has 1 aromatic carbocycles. The van der Waals surface area contributed by atoms with Crippen molar-refractivity contribution in [2.75, 3.05) is 0 Å². The van der Waals surface area contributed by atoms with Crippen molar-refractivity contribution in [2.45, 2.75) is 19.3 Å². The van der Waals surface area contributed by atoms with Gasteiger partial charge in [0, 0.05) is 17.4 Å². The third kappa shape index (κ3) is 1.40. The SMILES string of the molecule is C[C@@H]1C=CC[C@H]2c3ccccc3OC(=O)[C@@]12C(=O)O. The number of carboxylic acid groups (broad SMARTS) is 1. The molecule has 0 fully saturated rings. The Kier molecular flexibility index (Phi) is 2.49. The van der Waals surface area contributed by atoms with E-state index in [1.165, 1.54) is 0 Å². The van der Waals surface area contributed by atoms with Crippen molar-refractivity contribution < 1.29 is 19.4 Å². The van der Waals surface area contributed by atoms with Crippen molar-refractivity contribution in [3.8, 4) is 5.75 Å². The number of allylic oxidation sites excluding steroid dienone is 2. The average molecular weight is 258 g/mol. The van der Waals surface area contributed by atoms with E-state index in [0.29, 0.717) is 12.2 Å². The maximum Gasteiger partial charge on any atom is 0.330 e. The molecule has 0 saturated carbocycles. The first-order chi connectivity index (χ1) is 9.08. The highest BCUT2D eigenvalue weighted by Gasteiger charge is 2.61. The fourth-order valence-electron chi connectivity index (χ4n) is 3.25. The van der Waals surface area contributed by atoms with Crippen LogP contribution in [0.5, 0.6) is 5.75 Å². The summed E-state index contributed by atoms with van der Waals surface area (Å²) in [5, 5.41) is 9.66. The molecule has 1 aliphatic carbocycles. The van der Waals surface area contributed by atoms with Gasteiger partial charge in [-0.1, -0.05) is 37.3 Å². The first-order valence-corrected chi connectivity index (χ1v) is 6.29. The van der Waals surface area contributed by atoms with Crippen LogP contribution in [0.3, 0.4) is 0 Å². The van der Waals surface area contributed by atoms with Gasteiger partial charge in [0.2, 0.25) is 0 Å². The van der Waals surface area contributed by atoms with E-state index < -0.39 is 17.4 Å². The molecule has 0 saturated heterocycles. The molecule has 0 amide bonds. The Morgan fingerprint density at radius 2 is 2.16 bits per heavy atom. The van der Waals surface area contributed by atoms with Crippen LogP contribution in [0.15, 0.2) is 36.4 Å². The van der Waals surface area contributed by atoms with E-state index in [1.807, 2.05) is 18.2 Å². The van der Waals surface area contributed by atoms with Gasteiger partial charge in [-0.3, -0.25) is 9.59 Å². The van der Waals surface area contributed by atoms with Gasteiger partial charge in [0.05, 0.1) is 0 Å². The summed E-state index contributed by atoms with van der Waals surface area (Å²) in [6.07, 6.45) is 4.29. The molecule has 2 aliphatic rings. The molecule has 1 aromatic rings. The van der Waals surface area contributed by atoms with Gasteiger partial charge in [-0.15, -0.1) is 0 Å². The molecule has 0 unspecified atom stereocenters. The summed E-state index contributed by atoms with van der Waals surface area (Å²) >= 11 is 0. The Hall–Kier alpha value is -2.10. The number of fused-ring (bicyclic) bond motifs is 3. The van der Waals surface area contributed by atoms with E-state index in [-0.39, 0.29) is 11.8 Å². The van der Waals surface area contributed by atoms with Crippen LogP contribution in [0, 0.1) is 11.3 Å². The van der Waals surface area contributed by atoms with E-state index in [4.69, 9.17) is 4.74 Å². The van der Waals surface area contributed by atoms with Gasteiger partial charge < -0.3 is 9.84 Å². The molecular weight excluding hydrogens is 244 g/mol. The molecule has 4 nitrogen and oxygen atoms in total. The van der Waals surface area contributed by atoms with Crippen molar-refractivity contribution in [2.24, 2.45) is 11.3 Å². The Morgan fingerprint density at radius 3 is 2.89 bits per heavy atom. The van der Waals surface area contributed by atoms with Crippen molar-refractivity contribution in [1.82, 2.24) is 0 Å². The number of aliphatic carboxylic acids is 1. The highest BCUT2D eigenvalue weighted by molar-refractivity contribution is 6.03. The van der Waals surface area contributed by atoms with Gasteiger partial charge in [0.15, 0.2) is 5.41 Å². The minimum Gasteiger partial charge on any atom is -0.480 e. The van der Waals surface area contributed by atoms with Gasteiger partial charge in [0.25, 0.3) is 0 Å². The van der Waals surface area contributed by atoms with Crippen LogP contribution in [-0.4, -0.2) is 17.0 Å². The lowest BCUT2D eigenvalue weighted by Gasteiger charge is -2.43. The predicted octanol–water partition coefficient (Wildman–Crippen LogP) is 2.36. The number of rotatable bonds is 1. The van der Waals surface area contributed by atoms with Gasteiger partial charge in [-0.05, 0) is 12.5 Å². The summed E-state index contributed by atoms with van der Waals surface area (Å²) in [6, 6.07) is 7.17. The minimum absolute atomic E-state index is 0.359. The first-order valence-electron chi connectivity index (χ1n) is 6.29. The smallest absolute Gasteiger partial charge is 0.330 e. The number of para-hydroxylation sites is 1. The summed E-state index contributed by atoms with van der Waals surface area (Å²) in [5.74, 6) is -2.02. The van der Waals surface area contributed by atoms with Crippen LogP contribution in [0.1, 0.15) is 24.8 Å². The summed E-state index contributed by atoms with van der Waals surface area (Å²) in [7, 11) is 0. The van der Waals surface area contributed by atoms with Crippen LogP contribution in [0.4, 0.5) is 0 Å². The highest BCUT2D eigenvalue weighted by Crippen LogP contribution is 2.54. The van der Waals surface area contributed by atoms with E-state index in [9.17, 15) is 14.7 Å². The third-order valence-electron chi connectivity index (χ3n) is 4.25. The second-order valence-corrected chi connectivity index (χ2v) is 5.11. The Bertz CT molecular complexity index is 590. The van der Waals surface area contributed by atoms with E-state index in [2.05, 4.69) is 0 Å². The van der Waals surface area contributed by atoms with Crippen LogP contribution in [0.25, 0.3) is 0 Å². The molecule has 1 N–H and O–H groups in total. The van der Waals surface area contributed by atoms with Gasteiger partial charge in [-0.2, -0.15) is 0 Å². The molecule has 3 atom stereocenters. The Labute approximate surface area is 110 Å². The molecule has 98 valence electrons. The first kappa shape index (κ1) is 12.0.